The Morgan fingerprint density at radius 1 is 1.10 bits per heavy atom. The van der Waals surface area contributed by atoms with Gasteiger partial charge in [-0.3, -0.25) is 4.90 Å². The van der Waals surface area contributed by atoms with E-state index in [-0.39, 0.29) is 6.03 Å². The van der Waals surface area contributed by atoms with E-state index in [9.17, 15) is 4.79 Å². The number of carbonyl (C=O) groups is 1. The average molecular weight is 406 g/mol. The molecule has 156 valence electrons. The summed E-state index contributed by atoms with van der Waals surface area (Å²) >= 11 is 0. The minimum atomic E-state index is -0.228. The molecule has 7 heteroatoms. The van der Waals surface area contributed by atoms with E-state index in [1.54, 1.807) is 12.0 Å². The molecular formula is C23H27N5O2. The molecule has 4 rings (SSSR count). The van der Waals surface area contributed by atoms with Gasteiger partial charge in [-0.15, -0.1) is 0 Å². The van der Waals surface area contributed by atoms with Gasteiger partial charge in [0.25, 0.3) is 0 Å². The first kappa shape index (κ1) is 19.9. The second-order valence-corrected chi connectivity index (χ2v) is 7.56. The number of aromatic nitrogens is 3. The molecule has 1 N–H and O–H groups in total. The number of amides is 2. The monoisotopic (exact) mass is 405 g/mol. The van der Waals surface area contributed by atoms with Gasteiger partial charge in [-0.2, -0.15) is 5.10 Å². The number of fused-ring (bicyclic) bond motifs is 1. The van der Waals surface area contributed by atoms with Crippen molar-refractivity contribution in [1.82, 2.24) is 14.8 Å². The van der Waals surface area contributed by atoms with Crippen LogP contribution in [0.25, 0.3) is 0 Å². The Labute approximate surface area is 176 Å². The summed E-state index contributed by atoms with van der Waals surface area (Å²) in [6.45, 7) is 3.20. The SMILES string of the molecule is COc1ccc(N(Cc2nc3n(n2)CCCCC3)C(=O)Nc2ccc(C)cc2)cc1. The maximum atomic E-state index is 13.2. The summed E-state index contributed by atoms with van der Waals surface area (Å²) in [6.07, 6.45) is 4.39. The van der Waals surface area contributed by atoms with Gasteiger partial charge in [0.15, 0.2) is 5.82 Å². The first-order chi connectivity index (χ1) is 14.6. The molecule has 0 fully saturated rings. The lowest BCUT2D eigenvalue weighted by molar-refractivity contribution is 0.256. The van der Waals surface area contributed by atoms with Crippen molar-refractivity contribution in [3.05, 3.63) is 65.7 Å². The Morgan fingerprint density at radius 3 is 2.60 bits per heavy atom. The molecule has 1 aliphatic rings. The molecule has 2 aromatic carbocycles. The molecule has 1 aliphatic heterocycles. The number of aryl methyl sites for hydroxylation is 3. The summed E-state index contributed by atoms with van der Waals surface area (Å²) in [5.74, 6) is 2.40. The van der Waals surface area contributed by atoms with Gasteiger partial charge in [0, 0.05) is 24.3 Å². The Hall–Kier alpha value is -3.35. The van der Waals surface area contributed by atoms with Gasteiger partial charge in [-0.1, -0.05) is 24.1 Å². The molecule has 2 heterocycles. The van der Waals surface area contributed by atoms with Gasteiger partial charge < -0.3 is 10.1 Å². The zero-order chi connectivity index (χ0) is 20.9. The van der Waals surface area contributed by atoms with Gasteiger partial charge in [0.2, 0.25) is 0 Å². The molecule has 0 unspecified atom stereocenters. The summed E-state index contributed by atoms with van der Waals surface area (Å²) in [6, 6.07) is 14.9. The molecule has 7 nitrogen and oxygen atoms in total. The summed E-state index contributed by atoms with van der Waals surface area (Å²) in [5, 5.41) is 7.65. The third-order valence-electron chi connectivity index (χ3n) is 5.29. The molecule has 0 saturated carbocycles. The number of carbonyl (C=O) groups excluding carboxylic acids is 1. The number of hydrogen-bond acceptors (Lipinski definition) is 4. The number of nitrogens with zero attached hydrogens (tertiary/aromatic N) is 4. The second kappa shape index (κ2) is 8.98. The third kappa shape index (κ3) is 4.62. The zero-order valence-corrected chi connectivity index (χ0v) is 17.5. The fourth-order valence-electron chi connectivity index (χ4n) is 3.59. The smallest absolute Gasteiger partial charge is 0.326 e. The number of anilines is 2. The summed E-state index contributed by atoms with van der Waals surface area (Å²) in [7, 11) is 1.62. The van der Waals surface area contributed by atoms with Crippen LogP contribution in [0.5, 0.6) is 5.75 Å². The summed E-state index contributed by atoms with van der Waals surface area (Å²) in [5.41, 5.74) is 2.65. The van der Waals surface area contributed by atoms with Crippen molar-refractivity contribution < 1.29 is 9.53 Å². The van der Waals surface area contributed by atoms with Crippen LogP contribution in [-0.2, 0) is 19.5 Å². The van der Waals surface area contributed by atoms with Gasteiger partial charge in [-0.05, 0) is 56.2 Å². The van der Waals surface area contributed by atoms with E-state index in [2.05, 4.69) is 10.4 Å². The number of benzene rings is 2. The number of rotatable bonds is 5. The molecular weight excluding hydrogens is 378 g/mol. The van der Waals surface area contributed by atoms with E-state index in [1.165, 1.54) is 6.42 Å². The highest BCUT2D eigenvalue weighted by Crippen LogP contribution is 2.23. The molecule has 0 radical (unpaired) electrons. The van der Waals surface area contributed by atoms with E-state index < -0.39 is 0 Å². The van der Waals surface area contributed by atoms with E-state index in [0.717, 1.165) is 54.3 Å². The normalized spacial score (nSPS) is 13.3. The highest BCUT2D eigenvalue weighted by atomic mass is 16.5. The number of nitrogens with one attached hydrogen (secondary N) is 1. The topological polar surface area (TPSA) is 72.3 Å². The van der Waals surface area contributed by atoms with Gasteiger partial charge in [0.1, 0.15) is 11.6 Å². The predicted molar refractivity (Wildman–Crippen MR) is 117 cm³/mol. The van der Waals surface area contributed by atoms with Crippen LogP contribution in [0.15, 0.2) is 48.5 Å². The fraction of sp³-hybridized carbons (Fsp3) is 0.348. The third-order valence-corrected chi connectivity index (χ3v) is 5.29. The molecule has 3 aromatic rings. The van der Waals surface area contributed by atoms with Crippen LogP contribution in [0.2, 0.25) is 0 Å². The van der Waals surface area contributed by atoms with Crippen molar-refractivity contribution in [3.8, 4) is 5.75 Å². The molecule has 0 saturated heterocycles. The van der Waals surface area contributed by atoms with E-state index in [0.29, 0.717) is 12.4 Å². The molecule has 0 aliphatic carbocycles. The van der Waals surface area contributed by atoms with Crippen molar-refractivity contribution in [1.29, 1.82) is 0 Å². The van der Waals surface area contributed by atoms with E-state index in [1.807, 2.05) is 60.1 Å². The minimum Gasteiger partial charge on any atom is -0.497 e. The maximum absolute atomic E-state index is 13.2. The molecule has 0 spiro atoms. The van der Waals surface area contributed by atoms with Crippen LogP contribution in [0, 0.1) is 6.92 Å². The molecule has 0 atom stereocenters. The van der Waals surface area contributed by atoms with E-state index in [4.69, 9.17) is 9.72 Å². The quantitative estimate of drug-likeness (QED) is 0.675. The zero-order valence-electron chi connectivity index (χ0n) is 17.5. The first-order valence-electron chi connectivity index (χ1n) is 10.3. The van der Waals surface area contributed by atoms with Crippen LogP contribution >= 0.6 is 0 Å². The largest absolute Gasteiger partial charge is 0.497 e. The Balaban J connectivity index is 1.59. The minimum absolute atomic E-state index is 0.228. The molecule has 1 aromatic heterocycles. The lowest BCUT2D eigenvalue weighted by Gasteiger charge is -2.22. The maximum Gasteiger partial charge on any atom is 0.326 e. The Bertz CT molecular complexity index is 972. The lowest BCUT2D eigenvalue weighted by atomic mass is 10.2. The van der Waals surface area contributed by atoms with E-state index >= 15 is 0 Å². The molecule has 0 bridgehead atoms. The number of ether oxygens (including phenoxy) is 1. The molecule has 2 amide bonds. The van der Waals surface area contributed by atoms with Crippen LogP contribution in [0.3, 0.4) is 0 Å². The number of methoxy groups -OCH3 is 1. The van der Waals surface area contributed by atoms with Crippen molar-refractivity contribution >= 4 is 17.4 Å². The van der Waals surface area contributed by atoms with Crippen LogP contribution in [-0.4, -0.2) is 27.9 Å². The average Bonchev–Trinajstić information content (AvgIpc) is 3.02. The summed E-state index contributed by atoms with van der Waals surface area (Å²) in [4.78, 5) is 19.6. The van der Waals surface area contributed by atoms with Crippen LogP contribution in [0.4, 0.5) is 16.2 Å². The van der Waals surface area contributed by atoms with Crippen molar-refractivity contribution in [3.63, 3.8) is 0 Å². The number of hydrogen-bond donors (Lipinski definition) is 1. The highest BCUT2D eigenvalue weighted by molar-refractivity contribution is 6.01. The van der Waals surface area contributed by atoms with Crippen molar-refractivity contribution in [2.75, 3.05) is 17.3 Å². The second-order valence-electron chi connectivity index (χ2n) is 7.56. The van der Waals surface area contributed by atoms with Gasteiger partial charge in [-0.25, -0.2) is 14.5 Å². The number of urea groups is 1. The van der Waals surface area contributed by atoms with Crippen LogP contribution in [0.1, 0.15) is 36.5 Å². The highest BCUT2D eigenvalue weighted by Gasteiger charge is 2.21. The predicted octanol–water partition coefficient (Wildman–Crippen LogP) is 4.56. The lowest BCUT2D eigenvalue weighted by Crippen LogP contribution is -2.35. The Kier molecular flexibility index (Phi) is 5.97. The standard InChI is InChI=1S/C23H27N5O2/c1-17-7-9-18(10-8-17)24-23(29)27(19-11-13-20(30-2)14-12-19)16-21-25-22-6-4-3-5-15-28(22)26-21/h7-14H,3-6,15-16H2,1-2H3,(H,24,29). The fourth-order valence-corrected chi connectivity index (χ4v) is 3.59. The van der Waals surface area contributed by atoms with Gasteiger partial charge >= 0.3 is 6.03 Å². The summed E-state index contributed by atoms with van der Waals surface area (Å²) < 4.78 is 7.25. The van der Waals surface area contributed by atoms with Crippen molar-refractivity contribution in [2.24, 2.45) is 0 Å². The Morgan fingerprint density at radius 2 is 1.87 bits per heavy atom. The van der Waals surface area contributed by atoms with Crippen molar-refractivity contribution in [2.45, 2.75) is 45.7 Å². The van der Waals surface area contributed by atoms with Crippen LogP contribution < -0.4 is 15.0 Å². The molecule has 30 heavy (non-hydrogen) atoms. The first-order valence-corrected chi connectivity index (χ1v) is 10.3. The van der Waals surface area contributed by atoms with Gasteiger partial charge in [0.05, 0.1) is 13.7 Å².